The van der Waals surface area contributed by atoms with Crippen LogP contribution in [0.15, 0.2) is 29.3 Å². The van der Waals surface area contributed by atoms with E-state index in [0.717, 1.165) is 5.69 Å². The van der Waals surface area contributed by atoms with Crippen LogP contribution in [0.5, 0.6) is 0 Å². The Hall–Kier alpha value is -2.42. The number of aromatic nitrogens is 2. The largest absolute Gasteiger partial charge is 0.478 e. The second-order valence-corrected chi connectivity index (χ2v) is 10.1. The van der Waals surface area contributed by atoms with Crippen LogP contribution in [-0.4, -0.2) is 53.7 Å². The molecule has 1 amide bonds. The van der Waals surface area contributed by atoms with Gasteiger partial charge in [0.15, 0.2) is 5.95 Å². The number of nitrogen functional groups attached to an aromatic ring is 1. The zero-order chi connectivity index (χ0) is 24.9. The fourth-order valence-electron chi connectivity index (χ4n) is 3.45. The summed E-state index contributed by atoms with van der Waals surface area (Å²) in [6, 6.07) is 3.21. The average molecular weight is 535 g/mol. The number of carbonyl (C=O) groups is 2. The Balaban J connectivity index is 1.86. The van der Waals surface area contributed by atoms with Crippen molar-refractivity contribution >= 4 is 51.0 Å². The van der Waals surface area contributed by atoms with E-state index in [1.165, 1.54) is 18.2 Å². The Labute approximate surface area is 205 Å². The van der Waals surface area contributed by atoms with Crippen molar-refractivity contribution in [2.45, 2.75) is 48.7 Å². The van der Waals surface area contributed by atoms with Crippen LogP contribution in [-0.2, 0) is 30.9 Å². The first-order chi connectivity index (χ1) is 16.0. The molecule has 2 heterocycles. The molecule has 1 aromatic carbocycles. The van der Waals surface area contributed by atoms with Crippen molar-refractivity contribution in [1.82, 2.24) is 25.5 Å². The molecule has 0 aliphatic carbocycles. The zero-order valence-corrected chi connectivity index (χ0v) is 20.1. The van der Waals surface area contributed by atoms with Crippen LogP contribution in [0.4, 0.5) is 5.95 Å². The highest BCUT2D eigenvalue weighted by molar-refractivity contribution is 7.89. The van der Waals surface area contributed by atoms with Crippen molar-refractivity contribution < 1.29 is 28.0 Å². The number of imidazole rings is 1. The minimum atomic E-state index is -4.57. The molecule has 186 valence electrons. The number of anilines is 1. The second-order valence-electron chi connectivity index (χ2n) is 7.66. The van der Waals surface area contributed by atoms with Crippen molar-refractivity contribution in [3.05, 3.63) is 40.1 Å². The number of benzene rings is 1. The number of aryl methyl sites for hydroxylation is 1. The average Bonchev–Trinajstić information content (AvgIpc) is 3.42. The number of hydrogen-bond acceptors (Lipinski definition) is 8. The molecule has 1 saturated heterocycles. The Kier molecular flexibility index (Phi) is 8.38. The van der Waals surface area contributed by atoms with Gasteiger partial charge in [-0.1, -0.05) is 29.3 Å². The molecule has 15 heteroatoms. The standard InChI is InChI=1S/C19H24Cl2N6O6S/c20-12-5-3-6-13(21)15(12)34(31,32)27-19(17(29)30,25-16(28)14-7-9-33-26-14)8-2-1-4-11-10-23-18(22)24-11/h3,5-6,10,14,26-27H,1-2,4,7-9H2,(H,25,28)(H,29,30)(H3,22,23,24). The van der Waals surface area contributed by atoms with Crippen LogP contribution in [0.1, 0.15) is 31.4 Å². The molecule has 1 aliphatic rings. The van der Waals surface area contributed by atoms with Crippen LogP contribution >= 0.6 is 23.2 Å². The number of rotatable bonds is 11. The van der Waals surface area contributed by atoms with Crippen molar-refractivity contribution in [2.24, 2.45) is 0 Å². The number of carbonyl (C=O) groups excluding carboxylic acids is 1. The summed E-state index contributed by atoms with van der Waals surface area (Å²) in [5.41, 5.74) is 6.38. The molecule has 34 heavy (non-hydrogen) atoms. The monoisotopic (exact) mass is 534 g/mol. The van der Waals surface area contributed by atoms with Gasteiger partial charge in [-0.2, -0.15) is 10.2 Å². The highest BCUT2D eigenvalue weighted by Gasteiger charge is 2.45. The van der Waals surface area contributed by atoms with Gasteiger partial charge in [0, 0.05) is 5.69 Å². The van der Waals surface area contributed by atoms with E-state index in [-0.39, 0.29) is 41.9 Å². The van der Waals surface area contributed by atoms with Gasteiger partial charge in [-0.3, -0.25) is 4.79 Å². The van der Waals surface area contributed by atoms with Gasteiger partial charge in [-0.25, -0.2) is 18.2 Å². The SMILES string of the molecule is Nc1ncc(CCCCC(NC(=O)C2CCON2)(NS(=O)(=O)c2c(Cl)cccc2Cl)C(=O)O)[nH]1. The molecule has 1 aromatic heterocycles. The molecule has 0 saturated carbocycles. The maximum absolute atomic E-state index is 13.2. The van der Waals surface area contributed by atoms with Crippen LogP contribution in [0, 0.1) is 0 Å². The Morgan fingerprint density at radius 3 is 2.56 bits per heavy atom. The zero-order valence-electron chi connectivity index (χ0n) is 17.8. The third kappa shape index (κ3) is 6.17. The lowest BCUT2D eigenvalue weighted by Crippen LogP contribution is -2.67. The summed E-state index contributed by atoms with van der Waals surface area (Å²) in [4.78, 5) is 36.4. The van der Waals surface area contributed by atoms with E-state index in [0.29, 0.717) is 12.8 Å². The van der Waals surface area contributed by atoms with Crippen LogP contribution < -0.4 is 21.3 Å². The summed E-state index contributed by atoms with van der Waals surface area (Å²) < 4.78 is 28.5. The van der Waals surface area contributed by atoms with Gasteiger partial charge < -0.3 is 26.0 Å². The van der Waals surface area contributed by atoms with E-state index in [9.17, 15) is 23.1 Å². The number of nitrogens with zero attached hydrogens (tertiary/aromatic N) is 1. The molecule has 0 bridgehead atoms. The summed E-state index contributed by atoms with van der Waals surface area (Å²) in [7, 11) is -4.57. The number of hydrogen-bond donors (Lipinski definition) is 6. The topological polar surface area (TPSA) is 189 Å². The number of amides is 1. The number of nitrogens with one attached hydrogen (secondary N) is 4. The van der Waals surface area contributed by atoms with Crippen LogP contribution in [0.25, 0.3) is 0 Å². The van der Waals surface area contributed by atoms with Gasteiger partial charge in [-0.05, 0) is 44.2 Å². The molecule has 3 rings (SSSR count). The lowest BCUT2D eigenvalue weighted by atomic mass is 10.0. The molecule has 1 fully saturated rings. The minimum absolute atomic E-state index is 0.201. The lowest BCUT2D eigenvalue weighted by Gasteiger charge is -2.32. The Morgan fingerprint density at radius 2 is 2.00 bits per heavy atom. The molecular weight excluding hydrogens is 511 g/mol. The van der Waals surface area contributed by atoms with Crippen molar-refractivity contribution in [3.8, 4) is 0 Å². The van der Waals surface area contributed by atoms with Gasteiger partial charge in [0.05, 0.1) is 22.8 Å². The molecular formula is C19H24Cl2N6O6S. The molecule has 7 N–H and O–H groups in total. The van der Waals surface area contributed by atoms with E-state index in [2.05, 4.69) is 25.5 Å². The summed E-state index contributed by atoms with van der Waals surface area (Å²) >= 11 is 12.1. The Bertz CT molecular complexity index is 1130. The highest BCUT2D eigenvalue weighted by atomic mass is 35.5. The molecule has 12 nitrogen and oxygen atoms in total. The number of hydroxylamine groups is 1. The van der Waals surface area contributed by atoms with Gasteiger partial charge in [-0.15, -0.1) is 0 Å². The number of halogens is 2. The molecule has 2 unspecified atom stereocenters. The summed E-state index contributed by atoms with van der Waals surface area (Å²) in [5.74, 6) is -2.09. The third-order valence-electron chi connectivity index (χ3n) is 5.14. The number of nitrogens with two attached hydrogens (primary N) is 1. The summed E-state index contributed by atoms with van der Waals surface area (Å²) in [5, 5.41) is 12.0. The lowest BCUT2D eigenvalue weighted by molar-refractivity contribution is -0.149. The van der Waals surface area contributed by atoms with E-state index in [1.807, 2.05) is 0 Å². The number of sulfonamides is 1. The third-order valence-corrected chi connectivity index (χ3v) is 7.59. The maximum Gasteiger partial charge on any atom is 0.345 e. The quantitative estimate of drug-likeness (QED) is 0.181. The molecule has 1 aliphatic heterocycles. The number of unbranched alkanes of at least 4 members (excludes halogenated alkanes) is 1. The van der Waals surface area contributed by atoms with Crippen LogP contribution in [0.3, 0.4) is 0 Å². The van der Waals surface area contributed by atoms with Gasteiger partial charge in [0.2, 0.25) is 21.6 Å². The van der Waals surface area contributed by atoms with E-state index >= 15 is 0 Å². The first kappa shape index (κ1) is 26.2. The predicted molar refractivity (Wildman–Crippen MR) is 123 cm³/mol. The van der Waals surface area contributed by atoms with Gasteiger partial charge in [0.1, 0.15) is 10.9 Å². The first-order valence-electron chi connectivity index (χ1n) is 10.2. The smallest absolute Gasteiger partial charge is 0.345 e. The maximum atomic E-state index is 13.2. The van der Waals surface area contributed by atoms with Crippen molar-refractivity contribution in [3.63, 3.8) is 0 Å². The summed E-state index contributed by atoms with van der Waals surface area (Å²) in [6.07, 6.45) is 2.72. The molecule has 0 spiro atoms. The Morgan fingerprint density at radius 1 is 1.29 bits per heavy atom. The molecule has 2 atom stereocenters. The number of carboxylic acid groups (broad SMARTS) is 1. The van der Waals surface area contributed by atoms with Crippen molar-refractivity contribution in [1.29, 1.82) is 0 Å². The fraction of sp³-hybridized carbons (Fsp3) is 0.421. The molecule has 0 radical (unpaired) electrons. The first-order valence-corrected chi connectivity index (χ1v) is 12.5. The summed E-state index contributed by atoms with van der Waals surface area (Å²) in [6.45, 7) is 0.242. The highest BCUT2D eigenvalue weighted by Crippen LogP contribution is 2.30. The fourth-order valence-corrected chi connectivity index (χ4v) is 5.91. The van der Waals surface area contributed by atoms with Gasteiger partial charge in [0.25, 0.3) is 0 Å². The number of aliphatic carboxylic acids is 1. The number of H-pyrrole nitrogens is 1. The van der Waals surface area contributed by atoms with E-state index in [1.54, 1.807) is 6.20 Å². The van der Waals surface area contributed by atoms with Crippen molar-refractivity contribution in [2.75, 3.05) is 12.3 Å². The molecule has 2 aromatic rings. The van der Waals surface area contributed by atoms with Crippen LogP contribution in [0.2, 0.25) is 10.0 Å². The number of aromatic amines is 1. The predicted octanol–water partition coefficient (Wildman–Crippen LogP) is 1.18. The minimum Gasteiger partial charge on any atom is -0.478 e. The van der Waals surface area contributed by atoms with E-state index < -0.39 is 38.5 Å². The number of carboxylic acids is 1. The second kappa shape index (κ2) is 10.9. The normalized spacial score (nSPS) is 17.9. The van der Waals surface area contributed by atoms with E-state index in [4.69, 9.17) is 33.8 Å². The van der Waals surface area contributed by atoms with Gasteiger partial charge >= 0.3 is 5.97 Å².